The smallest absolute Gasteiger partial charge is 0.477 e. The molecule has 2 saturated heterocycles. The number of fused-ring (bicyclic) bond motifs is 2. The summed E-state index contributed by atoms with van der Waals surface area (Å²) in [5.41, 5.74) is 4.00. The van der Waals surface area contributed by atoms with E-state index in [2.05, 4.69) is 32.0 Å². The molecule has 1 saturated carbocycles. The molecule has 0 radical (unpaired) electrons. The van der Waals surface area contributed by atoms with Gasteiger partial charge in [0, 0.05) is 46.4 Å². The van der Waals surface area contributed by atoms with Crippen LogP contribution in [0.15, 0.2) is 59.1 Å². The van der Waals surface area contributed by atoms with E-state index in [9.17, 15) is 23.1 Å². The number of hydrogen-bond acceptors (Lipinski definition) is 7. The first kappa shape index (κ1) is 30.3. The van der Waals surface area contributed by atoms with Gasteiger partial charge in [-0.15, -0.1) is 13.2 Å². The SMILES string of the molecule is CC(C)n1nc(-c2ccc(N3[C@@H]4CC[C@H]3CC(OCc3c(-c5ccccc5OC(F)(F)F)noc3C3CC3)C4)cc2)cc1C(=O)O. The fourth-order valence-electron chi connectivity index (χ4n) is 6.99. The van der Waals surface area contributed by atoms with E-state index in [0.717, 1.165) is 49.8 Å². The number of aromatic nitrogens is 3. The zero-order valence-corrected chi connectivity index (χ0v) is 25.5. The van der Waals surface area contributed by atoms with Crippen LogP contribution >= 0.6 is 0 Å². The molecule has 3 fully saturated rings. The third kappa shape index (κ3) is 5.97. The van der Waals surface area contributed by atoms with Crippen LogP contribution in [0.4, 0.5) is 18.9 Å². The molecule has 2 aliphatic heterocycles. The Hall–Kier alpha value is -4.32. The Bertz CT molecular complexity index is 1710. The van der Waals surface area contributed by atoms with E-state index in [1.165, 1.54) is 16.8 Å². The molecule has 2 aromatic carbocycles. The van der Waals surface area contributed by atoms with Gasteiger partial charge in [0.25, 0.3) is 0 Å². The number of rotatable bonds is 10. The molecule has 0 spiro atoms. The van der Waals surface area contributed by atoms with Crippen LogP contribution in [0.25, 0.3) is 22.5 Å². The first-order valence-electron chi connectivity index (χ1n) is 15.7. The number of carboxylic acids is 1. The van der Waals surface area contributed by atoms with Crippen LogP contribution in [0.5, 0.6) is 5.75 Å². The van der Waals surface area contributed by atoms with Crippen LogP contribution in [0.3, 0.4) is 0 Å². The lowest BCUT2D eigenvalue weighted by atomic mass is 9.98. The number of carboxylic acid groups (broad SMARTS) is 1. The van der Waals surface area contributed by atoms with Crippen molar-refractivity contribution in [2.75, 3.05) is 4.90 Å². The number of alkyl halides is 3. The number of carbonyl (C=O) groups is 1. The minimum absolute atomic E-state index is 0.0149. The zero-order valence-electron chi connectivity index (χ0n) is 25.5. The standard InChI is InChI=1S/C34H35F3N4O5/c1-19(2)41-29(33(42)43)17-28(38-41)20-9-11-22(12-10-20)40-23-13-14-24(40)16-25(15-23)44-18-27-31(39-46-32(27)21-7-8-21)26-5-3-4-6-30(26)45-34(35,36)37/h3-6,9-12,17,19,21,23-25H,7-8,13-16,18H2,1-2H3,(H,42,43)/t23-,24+,25?. The van der Waals surface area contributed by atoms with Gasteiger partial charge < -0.3 is 24.0 Å². The van der Waals surface area contributed by atoms with Crippen molar-refractivity contribution in [1.29, 1.82) is 0 Å². The molecule has 1 N–H and O–H groups in total. The number of aromatic carboxylic acids is 1. The molecule has 4 heterocycles. The monoisotopic (exact) mass is 636 g/mol. The maximum absolute atomic E-state index is 13.2. The van der Waals surface area contributed by atoms with Crippen molar-refractivity contribution in [3.8, 4) is 28.3 Å². The number of piperidine rings is 1. The van der Waals surface area contributed by atoms with Crippen molar-refractivity contribution >= 4 is 11.7 Å². The fourth-order valence-corrected chi connectivity index (χ4v) is 6.99. The Morgan fingerprint density at radius 1 is 1.04 bits per heavy atom. The summed E-state index contributed by atoms with van der Waals surface area (Å²) < 4.78 is 57.5. The molecule has 3 atom stereocenters. The fraction of sp³-hybridized carbons (Fsp3) is 0.441. The molecule has 3 aliphatic rings. The molecule has 46 heavy (non-hydrogen) atoms. The molecule has 1 unspecified atom stereocenters. The lowest BCUT2D eigenvalue weighted by Crippen LogP contribution is -2.45. The maximum atomic E-state index is 13.2. The number of para-hydroxylation sites is 1. The Kier molecular flexibility index (Phi) is 7.78. The quantitative estimate of drug-likeness (QED) is 0.187. The van der Waals surface area contributed by atoms with Crippen LogP contribution in [0, 0.1) is 0 Å². The van der Waals surface area contributed by atoms with Gasteiger partial charge in [0.1, 0.15) is 22.9 Å². The minimum Gasteiger partial charge on any atom is -0.477 e. The van der Waals surface area contributed by atoms with Crippen molar-refractivity contribution in [3.63, 3.8) is 0 Å². The van der Waals surface area contributed by atoms with Gasteiger partial charge in [0.05, 0.1) is 18.4 Å². The van der Waals surface area contributed by atoms with E-state index in [1.54, 1.807) is 18.2 Å². The molecule has 12 heteroatoms. The molecule has 9 nitrogen and oxygen atoms in total. The number of nitrogens with zero attached hydrogens (tertiary/aromatic N) is 4. The van der Waals surface area contributed by atoms with Crippen molar-refractivity contribution < 1.29 is 37.1 Å². The van der Waals surface area contributed by atoms with Gasteiger partial charge in [0.2, 0.25) is 0 Å². The van der Waals surface area contributed by atoms with Crippen LogP contribution in [-0.4, -0.2) is 50.6 Å². The maximum Gasteiger partial charge on any atom is 0.573 e. The molecule has 2 aromatic heterocycles. The first-order chi connectivity index (χ1) is 22.1. The molecule has 0 amide bonds. The average molecular weight is 637 g/mol. The topological polar surface area (TPSA) is 103 Å². The predicted octanol–water partition coefficient (Wildman–Crippen LogP) is 7.98. The van der Waals surface area contributed by atoms with Crippen LogP contribution in [0.1, 0.15) is 86.1 Å². The van der Waals surface area contributed by atoms with E-state index in [-0.39, 0.29) is 41.7 Å². The van der Waals surface area contributed by atoms with E-state index in [4.69, 9.17) is 9.26 Å². The number of ether oxygens (including phenoxy) is 2. The zero-order chi connectivity index (χ0) is 32.2. The summed E-state index contributed by atoms with van der Waals surface area (Å²) in [6.45, 7) is 4.00. The third-order valence-corrected chi connectivity index (χ3v) is 9.19. The van der Waals surface area contributed by atoms with E-state index < -0.39 is 12.3 Å². The van der Waals surface area contributed by atoms with E-state index in [1.807, 2.05) is 26.0 Å². The molecule has 7 rings (SSSR count). The summed E-state index contributed by atoms with van der Waals surface area (Å²) in [7, 11) is 0. The lowest BCUT2D eigenvalue weighted by molar-refractivity contribution is -0.274. The highest BCUT2D eigenvalue weighted by Crippen LogP contribution is 2.46. The predicted molar refractivity (Wildman–Crippen MR) is 163 cm³/mol. The summed E-state index contributed by atoms with van der Waals surface area (Å²) >= 11 is 0. The normalized spacial score (nSPS) is 21.3. The van der Waals surface area contributed by atoms with Crippen molar-refractivity contribution in [2.24, 2.45) is 0 Å². The second-order valence-corrected chi connectivity index (χ2v) is 12.7. The van der Waals surface area contributed by atoms with Crippen LogP contribution in [0.2, 0.25) is 0 Å². The van der Waals surface area contributed by atoms with Gasteiger partial charge in [-0.05, 0) is 82.7 Å². The second kappa shape index (κ2) is 11.8. The Morgan fingerprint density at radius 2 is 1.74 bits per heavy atom. The highest BCUT2D eigenvalue weighted by atomic mass is 19.4. The summed E-state index contributed by atoms with van der Waals surface area (Å²) in [6, 6.07) is 16.2. The summed E-state index contributed by atoms with van der Waals surface area (Å²) in [5, 5.41) is 18.3. The third-order valence-electron chi connectivity index (χ3n) is 9.19. The molecule has 4 aromatic rings. The highest BCUT2D eigenvalue weighted by molar-refractivity contribution is 5.87. The highest BCUT2D eigenvalue weighted by Gasteiger charge is 2.42. The average Bonchev–Trinajstić information content (AvgIpc) is 3.50. The first-order valence-corrected chi connectivity index (χ1v) is 15.7. The Morgan fingerprint density at radius 3 is 2.35 bits per heavy atom. The Balaban J connectivity index is 1.05. The van der Waals surface area contributed by atoms with Crippen LogP contribution < -0.4 is 9.64 Å². The van der Waals surface area contributed by atoms with Gasteiger partial charge in [-0.2, -0.15) is 5.10 Å². The number of hydrogen-bond donors (Lipinski definition) is 1. The van der Waals surface area contributed by atoms with E-state index in [0.29, 0.717) is 34.8 Å². The largest absolute Gasteiger partial charge is 0.573 e. The van der Waals surface area contributed by atoms with Crippen molar-refractivity contribution in [3.05, 3.63) is 71.6 Å². The van der Waals surface area contributed by atoms with E-state index >= 15 is 0 Å². The molecular weight excluding hydrogens is 601 g/mol. The van der Waals surface area contributed by atoms with Crippen molar-refractivity contribution in [2.45, 2.75) is 95.5 Å². The molecule has 242 valence electrons. The minimum atomic E-state index is -4.83. The van der Waals surface area contributed by atoms with Crippen LogP contribution in [-0.2, 0) is 11.3 Å². The van der Waals surface area contributed by atoms with Crippen molar-refractivity contribution in [1.82, 2.24) is 14.9 Å². The number of benzene rings is 2. The summed E-state index contributed by atoms with van der Waals surface area (Å²) in [4.78, 5) is 14.2. The van der Waals surface area contributed by atoms with Gasteiger partial charge in [0.15, 0.2) is 0 Å². The molecule has 2 bridgehead atoms. The van der Waals surface area contributed by atoms with Gasteiger partial charge in [-0.3, -0.25) is 4.68 Å². The lowest BCUT2D eigenvalue weighted by Gasteiger charge is -2.40. The molecular formula is C34H35F3N4O5. The Labute approximate surface area is 263 Å². The van der Waals surface area contributed by atoms with Gasteiger partial charge in [-0.25, -0.2) is 4.79 Å². The number of anilines is 1. The summed E-state index contributed by atoms with van der Waals surface area (Å²) in [5.74, 6) is -0.438. The molecule has 1 aliphatic carbocycles. The van der Waals surface area contributed by atoms with Gasteiger partial charge >= 0.3 is 12.3 Å². The second-order valence-electron chi connectivity index (χ2n) is 12.7. The summed E-state index contributed by atoms with van der Waals surface area (Å²) in [6.07, 6.45) is 0.789. The number of halogens is 3. The van der Waals surface area contributed by atoms with Gasteiger partial charge in [-0.1, -0.05) is 29.4 Å².